The van der Waals surface area contributed by atoms with Crippen LogP contribution in [0.5, 0.6) is 5.75 Å². The Morgan fingerprint density at radius 2 is 1.57 bits per heavy atom. The highest BCUT2D eigenvalue weighted by Gasteiger charge is 2.61. The van der Waals surface area contributed by atoms with Gasteiger partial charge in [-0.1, -0.05) is 9.44 Å². The van der Waals surface area contributed by atoms with Gasteiger partial charge in [-0.3, -0.25) is 10.1 Å². The maximum absolute atomic E-state index is 13.2. The lowest BCUT2D eigenvalue weighted by Crippen LogP contribution is -2.73. The molecule has 3 heterocycles. The summed E-state index contributed by atoms with van der Waals surface area (Å²) in [6, 6.07) is 10.1. The summed E-state index contributed by atoms with van der Waals surface area (Å²) < 4.78 is 67.2. The molecule has 3 N–H and O–H groups in total. The van der Waals surface area contributed by atoms with Crippen LogP contribution in [-0.4, -0.2) is 79.0 Å². The highest BCUT2D eigenvalue weighted by atomic mass is 32.2. The second-order valence-electron chi connectivity index (χ2n) is 13.4. The Hall–Kier alpha value is -4.15. The van der Waals surface area contributed by atoms with Crippen molar-refractivity contribution in [2.45, 2.75) is 70.1 Å². The SMILES string of the molecule is CC(CF)(CF)c1cc(NC(=O)Nc2ccc(NC(=O)c3ccc(OC4CC(C)(C)[N+](C)(OS(C)(=O)=O)C(C)(C)C4)cn3)cc2)no1. The number of nitrogens with zero attached hydrogens (tertiary/aromatic N) is 3. The molecule has 2 aromatic heterocycles. The van der Waals surface area contributed by atoms with E-state index in [0.29, 0.717) is 30.0 Å². The number of anilines is 3. The van der Waals surface area contributed by atoms with Gasteiger partial charge in [-0.15, -0.1) is 0 Å². The molecule has 1 aliphatic rings. The minimum absolute atomic E-state index is 0.00807. The number of benzene rings is 1. The molecule has 1 aromatic carbocycles. The van der Waals surface area contributed by atoms with Crippen molar-refractivity contribution in [3.8, 4) is 5.75 Å². The number of quaternary nitrogens is 1. The normalized spacial score (nSPS) is 20.7. The summed E-state index contributed by atoms with van der Waals surface area (Å²) in [4.78, 5) is 29.4. The number of likely N-dealkylation sites (tertiary alicyclic amines) is 1. The average molecular weight is 680 g/mol. The number of alkyl halides is 2. The monoisotopic (exact) mass is 679 g/mol. The Labute approximate surface area is 272 Å². The van der Waals surface area contributed by atoms with Crippen LogP contribution in [0.25, 0.3) is 0 Å². The molecule has 3 amide bonds. The van der Waals surface area contributed by atoms with Crippen molar-refractivity contribution in [2.24, 2.45) is 0 Å². The summed E-state index contributed by atoms with van der Waals surface area (Å²) in [5.74, 6) is -0.0341. The zero-order chi connectivity index (χ0) is 34.8. The average Bonchev–Trinajstić information content (AvgIpc) is 3.45. The molecule has 1 saturated heterocycles. The summed E-state index contributed by atoms with van der Waals surface area (Å²) in [5.41, 5.74) is -1.69. The predicted octanol–water partition coefficient (Wildman–Crippen LogP) is 5.60. The second kappa shape index (κ2) is 13.2. The van der Waals surface area contributed by atoms with Gasteiger partial charge in [0.05, 0.1) is 17.9 Å². The fraction of sp³-hybridized carbons (Fsp3) is 0.484. The molecular formula is C31H41F2N6O7S+. The first-order valence-electron chi connectivity index (χ1n) is 14.8. The Bertz CT molecular complexity index is 1670. The van der Waals surface area contributed by atoms with Crippen LogP contribution in [0.3, 0.4) is 0 Å². The largest absolute Gasteiger partial charge is 0.488 e. The number of piperidine rings is 1. The number of hydroxylamine groups is 3. The number of pyridine rings is 1. The Balaban J connectivity index is 1.31. The Morgan fingerprint density at radius 3 is 2.09 bits per heavy atom. The number of ether oxygens (including phenoxy) is 1. The number of nitrogens with one attached hydrogen (secondary N) is 3. The lowest BCUT2D eigenvalue weighted by Gasteiger charge is -2.56. The third-order valence-corrected chi connectivity index (χ3v) is 9.23. The maximum Gasteiger partial charge on any atom is 0.324 e. The quantitative estimate of drug-likeness (QED) is 0.219. The molecule has 1 fully saturated rings. The van der Waals surface area contributed by atoms with Gasteiger partial charge >= 0.3 is 16.1 Å². The van der Waals surface area contributed by atoms with Crippen LogP contribution in [0.1, 0.15) is 63.7 Å². The first-order chi connectivity index (χ1) is 21.8. The van der Waals surface area contributed by atoms with E-state index in [2.05, 4.69) is 26.1 Å². The zero-order valence-corrected chi connectivity index (χ0v) is 28.2. The van der Waals surface area contributed by atoms with E-state index in [4.69, 9.17) is 13.5 Å². The summed E-state index contributed by atoms with van der Waals surface area (Å²) >= 11 is 0. The molecule has 0 bridgehead atoms. The number of carbonyl (C=O) groups is 2. The molecule has 0 spiro atoms. The van der Waals surface area contributed by atoms with Crippen molar-refractivity contribution in [2.75, 3.05) is 42.6 Å². The van der Waals surface area contributed by atoms with E-state index in [1.165, 1.54) is 25.3 Å². The second-order valence-corrected chi connectivity index (χ2v) is 14.9. The lowest BCUT2D eigenvalue weighted by molar-refractivity contribution is -1.14. The third kappa shape index (κ3) is 8.05. The first-order valence-corrected chi connectivity index (χ1v) is 16.6. The molecule has 0 saturated carbocycles. The van der Waals surface area contributed by atoms with Gasteiger partial charge in [-0.05, 0) is 71.0 Å². The number of rotatable bonds is 11. The van der Waals surface area contributed by atoms with Gasteiger partial charge in [0.2, 0.25) is 0 Å². The highest BCUT2D eigenvalue weighted by Crippen LogP contribution is 2.46. The zero-order valence-electron chi connectivity index (χ0n) is 27.4. The van der Waals surface area contributed by atoms with Gasteiger partial charge in [0.25, 0.3) is 5.91 Å². The van der Waals surface area contributed by atoms with Crippen molar-refractivity contribution >= 4 is 39.2 Å². The molecule has 3 aromatic rings. The summed E-state index contributed by atoms with van der Waals surface area (Å²) in [6.07, 6.45) is 3.28. The van der Waals surface area contributed by atoms with E-state index >= 15 is 0 Å². The molecule has 0 radical (unpaired) electrons. The third-order valence-electron chi connectivity index (χ3n) is 8.66. The van der Waals surface area contributed by atoms with Crippen LogP contribution < -0.4 is 20.7 Å². The van der Waals surface area contributed by atoms with Crippen molar-refractivity contribution < 1.29 is 45.0 Å². The molecule has 256 valence electrons. The summed E-state index contributed by atoms with van der Waals surface area (Å²) in [6.45, 7) is 7.11. The van der Waals surface area contributed by atoms with E-state index in [0.717, 1.165) is 6.26 Å². The topological polar surface area (TPSA) is 162 Å². The van der Waals surface area contributed by atoms with Crippen LogP contribution in [0.2, 0.25) is 0 Å². The number of carbonyl (C=O) groups excluding carboxylic acids is 2. The fourth-order valence-corrected chi connectivity index (χ4v) is 6.53. The van der Waals surface area contributed by atoms with Crippen molar-refractivity contribution in [1.29, 1.82) is 0 Å². The van der Waals surface area contributed by atoms with E-state index in [-0.39, 0.29) is 28.0 Å². The number of hydrogen-bond acceptors (Lipinski definition) is 9. The maximum atomic E-state index is 13.2. The Kier molecular flexibility index (Phi) is 10.00. The standard InChI is InChI=1S/C31H40F2N6O7S/c1-29(2)15-23(16-30(3,4)39(29,6)46-47(7,42)43)44-22-12-13-24(34-17-22)27(40)35-20-8-10-21(11-9-20)36-28(41)37-26-14-25(45-38-26)31(5,18-32)19-33/h8-14,17,23H,15-16,18-19H2,1-7H3,(H2-,34,35,36,37,38,40,41)/p+1. The van der Waals surface area contributed by atoms with Crippen LogP contribution >= 0.6 is 0 Å². The van der Waals surface area contributed by atoms with E-state index < -0.39 is 51.9 Å². The molecule has 13 nitrogen and oxygen atoms in total. The van der Waals surface area contributed by atoms with Gasteiger partial charge in [0, 0.05) is 30.3 Å². The molecular weight excluding hydrogens is 638 g/mol. The minimum Gasteiger partial charge on any atom is -0.488 e. The number of halogens is 2. The van der Waals surface area contributed by atoms with Gasteiger partial charge < -0.3 is 19.9 Å². The summed E-state index contributed by atoms with van der Waals surface area (Å²) in [5, 5.41) is 11.4. The predicted molar refractivity (Wildman–Crippen MR) is 171 cm³/mol. The Morgan fingerprint density at radius 1 is 1.00 bits per heavy atom. The van der Waals surface area contributed by atoms with Gasteiger partial charge in [-0.2, -0.15) is 13.1 Å². The molecule has 0 atom stereocenters. The van der Waals surface area contributed by atoms with Crippen molar-refractivity contribution in [3.05, 3.63) is 60.1 Å². The summed E-state index contributed by atoms with van der Waals surface area (Å²) in [7, 11) is -1.95. The van der Waals surface area contributed by atoms with Crippen LogP contribution in [0.15, 0.2) is 53.2 Å². The van der Waals surface area contributed by atoms with Gasteiger partial charge in [0.15, 0.2) is 5.82 Å². The molecule has 47 heavy (non-hydrogen) atoms. The highest BCUT2D eigenvalue weighted by molar-refractivity contribution is 7.85. The number of aromatic nitrogens is 2. The van der Waals surface area contributed by atoms with Crippen molar-refractivity contribution in [3.63, 3.8) is 0 Å². The van der Waals surface area contributed by atoms with E-state index in [1.807, 2.05) is 27.7 Å². The number of urea groups is 1. The van der Waals surface area contributed by atoms with Gasteiger partial charge in [0.1, 0.15) is 54.8 Å². The molecule has 0 unspecified atom stereocenters. The van der Waals surface area contributed by atoms with E-state index in [9.17, 15) is 26.8 Å². The van der Waals surface area contributed by atoms with Crippen LogP contribution in [0, 0.1) is 0 Å². The molecule has 0 aliphatic carbocycles. The smallest absolute Gasteiger partial charge is 0.324 e. The minimum atomic E-state index is -3.72. The molecule has 1 aliphatic heterocycles. The van der Waals surface area contributed by atoms with Crippen LogP contribution in [-0.2, 0) is 19.8 Å². The lowest BCUT2D eigenvalue weighted by atomic mass is 9.78. The van der Waals surface area contributed by atoms with E-state index in [1.54, 1.807) is 37.4 Å². The van der Waals surface area contributed by atoms with Crippen molar-refractivity contribution in [1.82, 2.24) is 10.1 Å². The van der Waals surface area contributed by atoms with Gasteiger partial charge in [-0.25, -0.2) is 18.6 Å². The number of hydrogen-bond donors (Lipinski definition) is 3. The fourth-order valence-electron chi connectivity index (χ4n) is 5.58. The van der Waals surface area contributed by atoms with Crippen LogP contribution in [0.4, 0.5) is 30.8 Å². The number of amides is 3. The first kappa shape index (κ1) is 35.7. The molecule has 4 rings (SSSR count). The molecule has 16 heteroatoms.